The van der Waals surface area contributed by atoms with Crippen LogP contribution in [-0.2, 0) is 33.3 Å². The number of hydrogen-bond donors (Lipinski definition) is 0. The number of hydrogen-bond acceptors (Lipinski definition) is 9. The molecule has 0 saturated carbocycles. The Labute approximate surface area is 243 Å². The minimum Gasteiger partial charge on any atom is -0.494 e. The normalized spacial score (nSPS) is 10.5. The summed E-state index contributed by atoms with van der Waals surface area (Å²) in [5, 5.41) is 0. The quantitative estimate of drug-likeness (QED) is 0.0960. The molecule has 0 aliphatic heterocycles. The molecule has 0 aromatic heterocycles. The molecule has 0 radical (unpaired) electrons. The first-order valence-corrected chi connectivity index (χ1v) is 13.9. The zero-order chi connectivity index (χ0) is 29.4. The van der Waals surface area contributed by atoms with Gasteiger partial charge in [0.05, 0.1) is 52.9 Å². The average molecular weight is 571 g/mol. The molecule has 0 atom stereocenters. The molecule has 41 heavy (non-hydrogen) atoms. The van der Waals surface area contributed by atoms with Gasteiger partial charge in [0.1, 0.15) is 24.7 Å². The van der Waals surface area contributed by atoms with Gasteiger partial charge in [-0.2, -0.15) is 0 Å². The molecule has 0 aliphatic carbocycles. The van der Waals surface area contributed by atoms with E-state index in [2.05, 4.69) is 13.2 Å². The van der Waals surface area contributed by atoms with Crippen LogP contribution < -0.4 is 9.47 Å². The summed E-state index contributed by atoms with van der Waals surface area (Å²) >= 11 is 0. The van der Waals surface area contributed by atoms with Crippen molar-refractivity contribution in [1.29, 1.82) is 0 Å². The SMILES string of the molecule is C=CC(=O)OCCCCCCOc1ccc(-c2ccc(OCCOCCOCCOCCOC(=O)C=C)cc2)cc1. The number of carbonyl (C=O) groups is 2. The van der Waals surface area contributed by atoms with E-state index in [0.29, 0.717) is 59.5 Å². The average Bonchev–Trinajstić information content (AvgIpc) is 3.01. The third-order valence-electron chi connectivity index (χ3n) is 5.64. The molecule has 0 aliphatic rings. The Kier molecular flexibility index (Phi) is 18.1. The molecule has 2 rings (SSSR count). The molecule has 224 valence electrons. The fourth-order valence-electron chi connectivity index (χ4n) is 3.49. The standard InChI is InChI=1S/C32H42O9/c1-3-31(33)40-18-8-6-5-7-17-38-29-13-9-27(10-14-29)28-11-15-30(16-12-28)39-25-23-36-21-19-35-20-22-37-24-26-41-32(34)4-2/h3-4,9-16H,1-2,5-8,17-26H2. The Morgan fingerprint density at radius 1 is 0.488 bits per heavy atom. The van der Waals surface area contributed by atoms with E-state index in [4.69, 9.17) is 33.2 Å². The third-order valence-corrected chi connectivity index (χ3v) is 5.64. The fourth-order valence-corrected chi connectivity index (χ4v) is 3.49. The van der Waals surface area contributed by atoms with Crippen molar-refractivity contribution in [2.45, 2.75) is 25.7 Å². The van der Waals surface area contributed by atoms with Crippen molar-refractivity contribution < 1.29 is 42.7 Å². The molecule has 0 bridgehead atoms. The Morgan fingerprint density at radius 2 is 0.878 bits per heavy atom. The zero-order valence-corrected chi connectivity index (χ0v) is 23.8. The number of benzene rings is 2. The lowest BCUT2D eigenvalue weighted by molar-refractivity contribution is -0.139. The summed E-state index contributed by atoms with van der Waals surface area (Å²) in [5.41, 5.74) is 2.19. The number of esters is 2. The largest absolute Gasteiger partial charge is 0.494 e. The van der Waals surface area contributed by atoms with Gasteiger partial charge in [-0.3, -0.25) is 0 Å². The molecule has 0 unspecified atom stereocenters. The van der Waals surface area contributed by atoms with Crippen LogP contribution in [0.2, 0.25) is 0 Å². The first kappa shape index (κ1) is 33.5. The molecule has 0 N–H and O–H groups in total. The molecule has 0 amide bonds. The van der Waals surface area contributed by atoms with E-state index in [-0.39, 0.29) is 12.6 Å². The first-order chi connectivity index (χ1) is 20.1. The highest BCUT2D eigenvalue weighted by atomic mass is 16.6. The van der Waals surface area contributed by atoms with Crippen molar-refractivity contribution >= 4 is 11.9 Å². The summed E-state index contributed by atoms with van der Waals surface area (Å²) in [6.07, 6.45) is 6.11. The predicted molar refractivity (Wildman–Crippen MR) is 156 cm³/mol. The third kappa shape index (κ3) is 16.3. The van der Waals surface area contributed by atoms with Crippen LogP contribution in [-0.4, -0.2) is 78.0 Å². The summed E-state index contributed by atoms with van der Waals surface area (Å²) in [6.45, 7) is 11.0. The van der Waals surface area contributed by atoms with Crippen molar-refractivity contribution in [2.24, 2.45) is 0 Å². The highest BCUT2D eigenvalue weighted by Crippen LogP contribution is 2.24. The Hall–Kier alpha value is -3.66. The van der Waals surface area contributed by atoms with E-state index >= 15 is 0 Å². The summed E-state index contributed by atoms with van der Waals surface area (Å²) in [5.74, 6) is 0.795. The maximum atomic E-state index is 11.0. The molecule has 2 aromatic carbocycles. The summed E-state index contributed by atoms with van der Waals surface area (Å²) in [4.78, 5) is 21.8. The van der Waals surface area contributed by atoms with Crippen LogP contribution in [0.1, 0.15) is 25.7 Å². The molecule has 0 heterocycles. The van der Waals surface area contributed by atoms with Crippen LogP contribution in [0.5, 0.6) is 11.5 Å². The van der Waals surface area contributed by atoms with Crippen LogP contribution in [0.3, 0.4) is 0 Å². The van der Waals surface area contributed by atoms with E-state index in [0.717, 1.165) is 54.4 Å². The second kappa shape index (κ2) is 22.1. The van der Waals surface area contributed by atoms with Gasteiger partial charge in [-0.15, -0.1) is 0 Å². The van der Waals surface area contributed by atoms with Gasteiger partial charge in [-0.25, -0.2) is 9.59 Å². The molecular weight excluding hydrogens is 528 g/mol. The molecular formula is C32H42O9. The maximum Gasteiger partial charge on any atom is 0.330 e. The number of carbonyl (C=O) groups excluding carboxylic acids is 2. The van der Waals surface area contributed by atoms with Gasteiger partial charge in [0.15, 0.2) is 0 Å². The van der Waals surface area contributed by atoms with Crippen molar-refractivity contribution in [3.8, 4) is 22.6 Å². The van der Waals surface area contributed by atoms with Gasteiger partial charge < -0.3 is 33.2 Å². The summed E-state index contributed by atoms with van der Waals surface area (Å²) in [7, 11) is 0. The van der Waals surface area contributed by atoms with Gasteiger partial charge in [0.25, 0.3) is 0 Å². The minimum absolute atomic E-state index is 0.197. The van der Waals surface area contributed by atoms with E-state index in [1.54, 1.807) is 0 Å². The van der Waals surface area contributed by atoms with Crippen LogP contribution in [0, 0.1) is 0 Å². The van der Waals surface area contributed by atoms with Gasteiger partial charge in [0, 0.05) is 12.2 Å². The highest BCUT2D eigenvalue weighted by Gasteiger charge is 2.02. The van der Waals surface area contributed by atoms with E-state index in [1.165, 1.54) is 6.08 Å². The first-order valence-electron chi connectivity index (χ1n) is 13.9. The summed E-state index contributed by atoms with van der Waals surface area (Å²) < 4.78 is 37.6. The topological polar surface area (TPSA) is 98.8 Å². The van der Waals surface area contributed by atoms with Crippen LogP contribution in [0.15, 0.2) is 73.8 Å². The second-order valence-corrected chi connectivity index (χ2v) is 8.74. The fraction of sp³-hybridized carbons (Fsp3) is 0.438. The lowest BCUT2D eigenvalue weighted by Crippen LogP contribution is -2.14. The molecule has 9 heteroatoms. The molecule has 9 nitrogen and oxygen atoms in total. The van der Waals surface area contributed by atoms with Gasteiger partial charge in [-0.05, 0) is 61.1 Å². The Morgan fingerprint density at radius 3 is 1.37 bits per heavy atom. The van der Waals surface area contributed by atoms with E-state index < -0.39 is 5.97 Å². The van der Waals surface area contributed by atoms with Crippen molar-refractivity contribution in [3.63, 3.8) is 0 Å². The minimum atomic E-state index is -0.459. The van der Waals surface area contributed by atoms with Crippen LogP contribution in [0.4, 0.5) is 0 Å². The van der Waals surface area contributed by atoms with Gasteiger partial charge >= 0.3 is 11.9 Å². The van der Waals surface area contributed by atoms with Gasteiger partial charge in [-0.1, -0.05) is 37.4 Å². The van der Waals surface area contributed by atoms with Crippen molar-refractivity contribution in [1.82, 2.24) is 0 Å². The molecule has 0 spiro atoms. The van der Waals surface area contributed by atoms with Crippen molar-refractivity contribution in [2.75, 3.05) is 66.1 Å². The number of ether oxygens (including phenoxy) is 7. The van der Waals surface area contributed by atoms with Crippen LogP contribution >= 0.6 is 0 Å². The maximum absolute atomic E-state index is 11.0. The Bertz CT molecular complexity index is 1000. The number of rotatable bonds is 24. The predicted octanol–water partition coefficient (Wildman–Crippen LogP) is 5.18. The van der Waals surface area contributed by atoms with Crippen LogP contribution in [0.25, 0.3) is 11.1 Å². The van der Waals surface area contributed by atoms with Crippen molar-refractivity contribution in [3.05, 3.63) is 73.8 Å². The number of unbranched alkanes of at least 4 members (excludes halogenated alkanes) is 3. The van der Waals surface area contributed by atoms with E-state index in [9.17, 15) is 9.59 Å². The second-order valence-electron chi connectivity index (χ2n) is 8.74. The van der Waals surface area contributed by atoms with Gasteiger partial charge in [0.2, 0.25) is 0 Å². The molecule has 0 saturated heterocycles. The lowest BCUT2D eigenvalue weighted by atomic mass is 10.1. The smallest absolute Gasteiger partial charge is 0.330 e. The summed E-state index contributed by atoms with van der Waals surface area (Å²) in [6, 6.07) is 16.0. The molecule has 2 aromatic rings. The zero-order valence-electron chi connectivity index (χ0n) is 23.8. The lowest BCUT2D eigenvalue weighted by Gasteiger charge is -2.10. The molecule has 0 fully saturated rings. The van der Waals surface area contributed by atoms with E-state index in [1.807, 2.05) is 48.5 Å². The highest BCUT2D eigenvalue weighted by molar-refractivity contribution is 5.81. The Balaban J connectivity index is 1.48. The monoisotopic (exact) mass is 570 g/mol.